The van der Waals surface area contributed by atoms with Crippen molar-refractivity contribution in [2.45, 2.75) is 51.0 Å². The first-order chi connectivity index (χ1) is 18.1. The third kappa shape index (κ3) is 6.36. The highest BCUT2D eigenvalue weighted by molar-refractivity contribution is 7.13. The van der Waals surface area contributed by atoms with Crippen molar-refractivity contribution in [1.82, 2.24) is 15.6 Å². The van der Waals surface area contributed by atoms with Gasteiger partial charge in [-0.3, -0.25) is 9.59 Å². The molecule has 1 atom stereocenters. The fourth-order valence-corrected chi connectivity index (χ4v) is 6.23. The molecule has 5 rings (SSSR count). The molecular formula is C29H33FN4O2S. The minimum absolute atomic E-state index is 0.157. The minimum Gasteiger partial charge on any atom is -0.369 e. The van der Waals surface area contributed by atoms with Crippen LogP contribution in [0, 0.1) is 11.7 Å². The van der Waals surface area contributed by atoms with Crippen LogP contribution in [-0.2, 0) is 11.2 Å². The van der Waals surface area contributed by atoms with E-state index in [9.17, 15) is 14.0 Å². The Hall–Kier alpha value is -3.26. The average molecular weight is 521 g/mol. The Morgan fingerprint density at radius 2 is 1.92 bits per heavy atom. The molecule has 1 saturated carbocycles. The van der Waals surface area contributed by atoms with Gasteiger partial charge >= 0.3 is 0 Å². The molecule has 1 aliphatic heterocycles. The Kier molecular flexibility index (Phi) is 8.14. The summed E-state index contributed by atoms with van der Waals surface area (Å²) in [4.78, 5) is 33.1. The maximum Gasteiger partial charge on any atom is 0.271 e. The SMILES string of the molecule is O=C(N[C@@H](CC1CCCCC1)C(=O)NCCN1CCc2cc(F)ccc21)c1csc(-c2ccccc2)n1. The summed E-state index contributed by atoms with van der Waals surface area (Å²) in [6, 6.07) is 14.0. The molecule has 3 aromatic rings. The van der Waals surface area contributed by atoms with Gasteiger partial charge in [0.15, 0.2) is 0 Å². The number of halogens is 1. The number of rotatable bonds is 9. The first-order valence-electron chi connectivity index (χ1n) is 13.2. The molecule has 2 amide bonds. The van der Waals surface area contributed by atoms with E-state index < -0.39 is 6.04 Å². The molecule has 2 aliphatic rings. The molecule has 2 N–H and O–H groups in total. The summed E-state index contributed by atoms with van der Waals surface area (Å²) in [5, 5.41) is 8.56. The van der Waals surface area contributed by atoms with Crippen LogP contribution in [0.3, 0.4) is 0 Å². The third-order valence-electron chi connectivity index (χ3n) is 7.39. The molecular weight excluding hydrogens is 487 g/mol. The van der Waals surface area contributed by atoms with Crippen LogP contribution in [-0.4, -0.2) is 42.5 Å². The molecule has 1 aromatic heterocycles. The zero-order valence-corrected chi connectivity index (χ0v) is 21.7. The number of hydrogen-bond donors (Lipinski definition) is 2. The molecule has 37 heavy (non-hydrogen) atoms. The van der Waals surface area contributed by atoms with Crippen LogP contribution in [0.15, 0.2) is 53.9 Å². The molecule has 194 valence electrons. The number of nitrogens with zero attached hydrogens (tertiary/aromatic N) is 2. The summed E-state index contributed by atoms with van der Waals surface area (Å²) < 4.78 is 13.5. The Bertz CT molecular complexity index is 1230. The number of carbonyl (C=O) groups is 2. The van der Waals surface area contributed by atoms with E-state index in [0.717, 1.165) is 47.6 Å². The molecule has 0 radical (unpaired) electrons. The fourth-order valence-electron chi connectivity index (χ4n) is 5.42. The second-order valence-corrected chi connectivity index (χ2v) is 10.8. The summed E-state index contributed by atoms with van der Waals surface area (Å²) in [7, 11) is 0. The number of amides is 2. The van der Waals surface area contributed by atoms with Gasteiger partial charge in [0.25, 0.3) is 5.91 Å². The third-order valence-corrected chi connectivity index (χ3v) is 8.28. The van der Waals surface area contributed by atoms with Gasteiger partial charge < -0.3 is 15.5 Å². The number of hydrogen-bond acceptors (Lipinski definition) is 5. The highest BCUT2D eigenvalue weighted by Gasteiger charge is 2.27. The Morgan fingerprint density at radius 1 is 1.11 bits per heavy atom. The molecule has 1 aliphatic carbocycles. The number of aromatic nitrogens is 1. The van der Waals surface area contributed by atoms with Gasteiger partial charge in [-0.05, 0) is 42.5 Å². The summed E-state index contributed by atoms with van der Waals surface area (Å²) in [6.45, 7) is 1.91. The number of anilines is 1. The van der Waals surface area contributed by atoms with Crippen molar-refractivity contribution >= 4 is 28.8 Å². The van der Waals surface area contributed by atoms with Gasteiger partial charge in [-0.25, -0.2) is 9.37 Å². The van der Waals surface area contributed by atoms with Crippen molar-refractivity contribution in [3.8, 4) is 10.6 Å². The largest absolute Gasteiger partial charge is 0.369 e. The normalized spacial score (nSPS) is 16.3. The molecule has 0 bridgehead atoms. The van der Waals surface area contributed by atoms with Crippen LogP contribution in [0.5, 0.6) is 0 Å². The molecule has 0 saturated heterocycles. The van der Waals surface area contributed by atoms with Crippen LogP contribution in [0.25, 0.3) is 10.6 Å². The van der Waals surface area contributed by atoms with E-state index in [1.165, 1.54) is 36.7 Å². The van der Waals surface area contributed by atoms with Crippen LogP contribution >= 0.6 is 11.3 Å². The van der Waals surface area contributed by atoms with Crippen molar-refractivity contribution in [3.63, 3.8) is 0 Å². The number of fused-ring (bicyclic) bond motifs is 1. The highest BCUT2D eigenvalue weighted by atomic mass is 32.1. The van der Waals surface area contributed by atoms with E-state index in [-0.39, 0.29) is 17.6 Å². The molecule has 8 heteroatoms. The maximum atomic E-state index is 13.5. The van der Waals surface area contributed by atoms with Gasteiger partial charge in [0, 0.05) is 36.3 Å². The quantitative estimate of drug-likeness (QED) is 0.407. The summed E-state index contributed by atoms with van der Waals surface area (Å²) in [6.07, 6.45) is 7.22. The number of thiazole rings is 1. The van der Waals surface area contributed by atoms with E-state index in [4.69, 9.17) is 0 Å². The summed E-state index contributed by atoms with van der Waals surface area (Å²) in [5.74, 6) is -0.257. The lowest BCUT2D eigenvalue weighted by Crippen LogP contribution is -2.49. The predicted molar refractivity (Wildman–Crippen MR) is 145 cm³/mol. The second kappa shape index (κ2) is 11.9. The van der Waals surface area contributed by atoms with Crippen molar-refractivity contribution in [2.75, 3.05) is 24.5 Å². The van der Waals surface area contributed by atoms with Crippen LogP contribution in [0.2, 0.25) is 0 Å². The highest BCUT2D eigenvalue weighted by Crippen LogP contribution is 2.29. The first-order valence-corrected chi connectivity index (χ1v) is 14.1. The van der Waals surface area contributed by atoms with E-state index in [2.05, 4.69) is 20.5 Å². The topological polar surface area (TPSA) is 74.3 Å². The lowest BCUT2D eigenvalue weighted by Gasteiger charge is -2.27. The van der Waals surface area contributed by atoms with Gasteiger partial charge in [-0.2, -0.15) is 0 Å². The number of benzene rings is 2. The van der Waals surface area contributed by atoms with Gasteiger partial charge in [-0.1, -0.05) is 62.4 Å². The standard InChI is InChI=1S/C29H33FN4O2S/c30-23-11-12-26-22(18-23)13-15-34(26)16-14-31-27(35)24(17-20-7-3-1-4-8-20)32-28(36)25-19-37-29(33-25)21-9-5-2-6-10-21/h2,5-6,9-12,18-20,24H,1,3-4,7-8,13-17H2,(H,31,35)(H,32,36)/t24-/m0/s1. The summed E-state index contributed by atoms with van der Waals surface area (Å²) >= 11 is 1.42. The van der Waals surface area contributed by atoms with Crippen LogP contribution < -0.4 is 15.5 Å². The fraction of sp³-hybridized carbons (Fsp3) is 0.414. The molecule has 0 spiro atoms. The van der Waals surface area contributed by atoms with Crippen LogP contribution in [0.4, 0.5) is 10.1 Å². The van der Waals surface area contributed by atoms with E-state index in [0.29, 0.717) is 31.1 Å². The number of carbonyl (C=O) groups excluding carboxylic acids is 2. The molecule has 1 fully saturated rings. The Balaban J connectivity index is 1.21. The van der Waals surface area contributed by atoms with Gasteiger partial charge in [0.05, 0.1) is 0 Å². The lowest BCUT2D eigenvalue weighted by atomic mass is 9.84. The smallest absolute Gasteiger partial charge is 0.271 e. The predicted octanol–water partition coefficient (Wildman–Crippen LogP) is 5.20. The van der Waals surface area contributed by atoms with Crippen molar-refractivity contribution < 1.29 is 14.0 Å². The average Bonchev–Trinajstić information content (AvgIpc) is 3.57. The van der Waals surface area contributed by atoms with Crippen molar-refractivity contribution in [1.29, 1.82) is 0 Å². The van der Waals surface area contributed by atoms with E-state index in [1.807, 2.05) is 36.4 Å². The Labute approximate surface area is 221 Å². The zero-order chi connectivity index (χ0) is 25.6. The Morgan fingerprint density at radius 3 is 2.73 bits per heavy atom. The molecule has 6 nitrogen and oxygen atoms in total. The van der Waals surface area contributed by atoms with Gasteiger partial charge in [0.2, 0.25) is 5.91 Å². The molecule has 0 unspecified atom stereocenters. The van der Waals surface area contributed by atoms with Crippen molar-refractivity contribution in [2.24, 2.45) is 5.92 Å². The monoisotopic (exact) mass is 520 g/mol. The van der Waals surface area contributed by atoms with Gasteiger partial charge in [0.1, 0.15) is 22.6 Å². The van der Waals surface area contributed by atoms with Crippen LogP contribution in [0.1, 0.15) is 54.6 Å². The van der Waals surface area contributed by atoms with Gasteiger partial charge in [-0.15, -0.1) is 11.3 Å². The molecule has 2 heterocycles. The lowest BCUT2D eigenvalue weighted by molar-refractivity contribution is -0.123. The minimum atomic E-state index is -0.600. The second-order valence-electron chi connectivity index (χ2n) is 9.97. The first kappa shape index (κ1) is 25.4. The molecule has 2 aromatic carbocycles. The maximum absolute atomic E-state index is 13.5. The van der Waals surface area contributed by atoms with E-state index >= 15 is 0 Å². The number of nitrogens with one attached hydrogen (secondary N) is 2. The zero-order valence-electron chi connectivity index (χ0n) is 20.9. The summed E-state index contributed by atoms with van der Waals surface area (Å²) in [5.41, 5.74) is 3.34. The van der Waals surface area contributed by atoms with E-state index in [1.54, 1.807) is 11.4 Å². The van der Waals surface area contributed by atoms with Crippen molar-refractivity contribution in [3.05, 3.63) is 71.0 Å².